The average Bonchev–Trinajstić information content (AvgIpc) is 2.77. The summed E-state index contributed by atoms with van der Waals surface area (Å²) in [5.74, 6) is 1.51. The van der Waals surface area contributed by atoms with Crippen LogP contribution in [0.4, 0.5) is 5.69 Å². The van der Waals surface area contributed by atoms with E-state index in [4.69, 9.17) is 9.47 Å². The Labute approximate surface area is 169 Å². The maximum atomic E-state index is 10.7. The van der Waals surface area contributed by atoms with Crippen LogP contribution in [0.15, 0.2) is 66.7 Å². The van der Waals surface area contributed by atoms with E-state index in [9.17, 15) is 10.1 Å². The van der Waals surface area contributed by atoms with Gasteiger partial charge in [0.05, 0.1) is 19.1 Å². The quantitative estimate of drug-likeness (QED) is 0.285. The Hall–Kier alpha value is -3.86. The zero-order valence-corrected chi connectivity index (χ0v) is 16.2. The molecule has 0 aliphatic carbocycles. The number of methoxy groups -OCH3 is 2. The minimum Gasteiger partial charge on any atom is -0.497 e. The van der Waals surface area contributed by atoms with Gasteiger partial charge >= 0.3 is 0 Å². The van der Waals surface area contributed by atoms with Crippen molar-refractivity contribution < 1.29 is 14.4 Å². The summed E-state index contributed by atoms with van der Waals surface area (Å²) >= 11 is 0. The zero-order chi connectivity index (χ0) is 20.6. The summed E-state index contributed by atoms with van der Waals surface area (Å²) in [6, 6.07) is 20.3. The number of nitro benzene ring substituents is 1. The summed E-state index contributed by atoms with van der Waals surface area (Å²) in [5, 5.41) is 10.7. The molecule has 0 bridgehead atoms. The van der Waals surface area contributed by atoms with Gasteiger partial charge in [-0.2, -0.15) is 0 Å². The van der Waals surface area contributed by atoms with Crippen molar-refractivity contribution >= 4 is 30.0 Å². The molecule has 0 fully saturated rings. The van der Waals surface area contributed by atoms with Crippen LogP contribution in [0, 0.1) is 10.1 Å². The molecule has 3 aromatic carbocycles. The van der Waals surface area contributed by atoms with Crippen molar-refractivity contribution in [3.05, 3.63) is 99.1 Å². The molecule has 0 heterocycles. The third-order valence-corrected chi connectivity index (χ3v) is 4.40. The maximum absolute atomic E-state index is 10.7. The molecule has 3 aromatic rings. The Morgan fingerprint density at radius 3 is 1.72 bits per heavy atom. The molecule has 5 nitrogen and oxygen atoms in total. The van der Waals surface area contributed by atoms with Crippen LogP contribution >= 0.6 is 0 Å². The van der Waals surface area contributed by atoms with E-state index < -0.39 is 4.92 Å². The molecule has 3 rings (SSSR count). The number of ether oxygens (including phenoxy) is 2. The van der Waals surface area contributed by atoms with Crippen molar-refractivity contribution in [2.75, 3.05) is 14.2 Å². The van der Waals surface area contributed by atoms with Crippen LogP contribution in [0.5, 0.6) is 11.5 Å². The van der Waals surface area contributed by atoms with E-state index >= 15 is 0 Å². The lowest BCUT2D eigenvalue weighted by Crippen LogP contribution is -1.89. The molecule has 0 saturated carbocycles. The number of non-ortho nitro benzene ring substituents is 1. The lowest BCUT2D eigenvalue weighted by molar-refractivity contribution is -0.384. The standard InChI is InChI=1S/C24H21NO4/c1-28-23-16-13-21(24(17-23)29-2)12-9-19-6-3-18(4-7-19)5-8-20-10-14-22(15-11-20)25(26)27/h3-17H,1-2H3/b8-5+,12-9+. The van der Waals surface area contributed by atoms with Crippen LogP contribution in [-0.4, -0.2) is 19.1 Å². The van der Waals surface area contributed by atoms with Crippen molar-refractivity contribution in [1.29, 1.82) is 0 Å². The first-order valence-electron chi connectivity index (χ1n) is 9.02. The molecule has 146 valence electrons. The second kappa shape index (κ2) is 9.37. The van der Waals surface area contributed by atoms with Gasteiger partial charge in [-0.15, -0.1) is 0 Å². The summed E-state index contributed by atoms with van der Waals surface area (Å²) < 4.78 is 10.6. The first kappa shape index (κ1) is 19.9. The van der Waals surface area contributed by atoms with Gasteiger partial charge in [0, 0.05) is 23.8 Å². The summed E-state index contributed by atoms with van der Waals surface area (Å²) in [6.07, 6.45) is 7.92. The third-order valence-electron chi connectivity index (χ3n) is 4.40. The molecule has 0 aromatic heterocycles. The number of benzene rings is 3. The fourth-order valence-corrected chi connectivity index (χ4v) is 2.76. The molecule has 5 heteroatoms. The number of nitro groups is 1. The molecule has 0 aliphatic rings. The lowest BCUT2D eigenvalue weighted by Gasteiger charge is -2.07. The molecule has 0 unspecified atom stereocenters. The van der Waals surface area contributed by atoms with Crippen molar-refractivity contribution in [3.8, 4) is 11.5 Å². The molecule has 0 spiro atoms. The molecule has 0 radical (unpaired) electrons. The first-order valence-corrected chi connectivity index (χ1v) is 9.02. The van der Waals surface area contributed by atoms with Crippen LogP contribution in [0.25, 0.3) is 24.3 Å². The highest BCUT2D eigenvalue weighted by Crippen LogP contribution is 2.26. The molecule has 0 amide bonds. The van der Waals surface area contributed by atoms with E-state index in [1.807, 2.05) is 66.8 Å². The molecule has 0 N–H and O–H groups in total. The SMILES string of the molecule is COc1ccc(/C=C/c2ccc(/C=C/c3ccc([N+](=O)[O-])cc3)cc2)c(OC)c1. The predicted octanol–water partition coefficient (Wildman–Crippen LogP) is 5.95. The lowest BCUT2D eigenvalue weighted by atomic mass is 10.1. The van der Waals surface area contributed by atoms with Gasteiger partial charge in [0.25, 0.3) is 5.69 Å². The monoisotopic (exact) mass is 387 g/mol. The van der Waals surface area contributed by atoms with Gasteiger partial charge in [0.1, 0.15) is 11.5 Å². The molecular formula is C24H21NO4. The normalized spacial score (nSPS) is 11.1. The van der Waals surface area contributed by atoms with E-state index in [-0.39, 0.29) is 5.69 Å². The zero-order valence-electron chi connectivity index (χ0n) is 16.2. The van der Waals surface area contributed by atoms with Crippen LogP contribution in [0.2, 0.25) is 0 Å². The van der Waals surface area contributed by atoms with Gasteiger partial charge in [-0.1, -0.05) is 48.6 Å². The molecule has 29 heavy (non-hydrogen) atoms. The maximum Gasteiger partial charge on any atom is 0.269 e. The highest BCUT2D eigenvalue weighted by atomic mass is 16.6. The van der Waals surface area contributed by atoms with Crippen LogP contribution in [0.3, 0.4) is 0 Å². The molecule has 0 atom stereocenters. The van der Waals surface area contributed by atoms with Gasteiger partial charge in [0.15, 0.2) is 0 Å². The van der Waals surface area contributed by atoms with Gasteiger partial charge in [-0.3, -0.25) is 10.1 Å². The predicted molar refractivity (Wildman–Crippen MR) is 117 cm³/mol. The van der Waals surface area contributed by atoms with Crippen LogP contribution in [-0.2, 0) is 0 Å². The van der Waals surface area contributed by atoms with E-state index in [2.05, 4.69) is 0 Å². The Balaban J connectivity index is 1.68. The van der Waals surface area contributed by atoms with Crippen molar-refractivity contribution in [3.63, 3.8) is 0 Å². The number of hydrogen-bond acceptors (Lipinski definition) is 4. The second-order valence-electron chi connectivity index (χ2n) is 6.29. The van der Waals surface area contributed by atoms with E-state index in [1.165, 1.54) is 12.1 Å². The second-order valence-corrected chi connectivity index (χ2v) is 6.29. The fraction of sp³-hybridized carbons (Fsp3) is 0.0833. The van der Waals surface area contributed by atoms with Crippen molar-refractivity contribution in [1.82, 2.24) is 0 Å². The first-order chi connectivity index (χ1) is 14.1. The van der Waals surface area contributed by atoms with E-state index in [0.29, 0.717) is 0 Å². The Morgan fingerprint density at radius 1 is 0.724 bits per heavy atom. The van der Waals surface area contributed by atoms with Crippen molar-refractivity contribution in [2.24, 2.45) is 0 Å². The van der Waals surface area contributed by atoms with Crippen molar-refractivity contribution in [2.45, 2.75) is 0 Å². The summed E-state index contributed by atoms with van der Waals surface area (Å²) in [5.41, 5.74) is 4.08. The number of hydrogen-bond donors (Lipinski definition) is 0. The summed E-state index contributed by atoms with van der Waals surface area (Å²) in [4.78, 5) is 10.3. The minimum atomic E-state index is -0.402. The molecule has 0 saturated heterocycles. The molecule has 0 aliphatic heterocycles. The van der Waals surface area contributed by atoms with E-state index in [1.54, 1.807) is 26.4 Å². The van der Waals surface area contributed by atoms with Gasteiger partial charge in [0.2, 0.25) is 0 Å². The van der Waals surface area contributed by atoms with Gasteiger partial charge < -0.3 is 9.47 Å². The Kier molecular flexibility index (Phi) is 6.43. The molecular weight excluding hydrogens is 366 g/mol. The topological polar surface area (TPSA) is 61.6 Å². The average molecular weight is 387 g/mol. The number of rotatable bonds is 7. The Morgan fingerprint density at radius 2 is 1.24 bits per heavy atom. The number of nitrogens with zero attached hydrogens (tertiary/aromatic N) is 1. The summed E-state index contributed by atoms with van der Waals surface area (Å²) in [6.45, 7) is 0. The minimum absolute atomic E-state index is 0.0896. The van der Waals surface area contributed by atoms with Gasteiger partial charge in [-0.25, -0.2) is 0 Å². The van der Waals surface area contributed by atoms with Crippen LogP contribution < -0.4 is 9.47 Å². The third kappa shape index (κ3) is 5.32. The van der Waals surface area contributed by atoms with Crippen LogP contribution in [0.1, 0.15) is 22.3 Å². The van der Waals surface area contributed by atoms with Gasteiger partial charge in [-0.05, 0) is 41.0 Å². The summed E-state index contributed by atoms with van der Waals surface area (Å²) in [7, 11) is 3.26. The Bertz CT molecular complexity index is 1040. The smallest absolute Gasteiger partial charge is 0.269 e. The van der Waals surface area contributed by atoms with E-state index in [0.717, 1.165) is 33.8 Å². The highest BCUT2D eigenvalue weighted by molar-refractivity contribution is 5.75. The largest absolute Gasteiger partial charge is 0.497 e. The highest BCUT2D eigenvalue weighted by Gasteiger charge is 2.03. The fourth-order valence-electron chi connectivity index (χ4n) is 2.76.